The topological polar surface area (TPSA) is 69.4 Å². The first-order valence-corrected chi connectivity index (χ1v) is 5.15. The number of allylic oxidation sites excluding steroid dienone is 1. The molecule has 0 aromatic rings. The lowest BCUT2D eigenvalue weighted by atomic mass is 10.2. The van der Waals surface area contributed by atoms with E-state index in [0.717, 1.165) is 19.3 Å². The highest BCUT2D eigenvalue weighted by atomic mass is 16.6. The molecule has 0 aromatic heterocycles. The molecular formula is C10H17NO4. The third kappa shape index (κ3) is 5.83. The number of nitrogens with zero attached hydrogens (tertiary/aromatic N) is 1. The van der Waals surface area contributed by atoms with Gasteiger partial charge in [-0.25, -0.2) is 4.79 Å². The summed E-state index contributed by atoms with van der Waals surface area (Å²) in [6, 6.07) is 0. The molecule has 0 saturated carbocycles. The summed E-state index contributed by atoms with van der Waals surface area (Å²) in [5, 5.41) is 10.5. The average Bonchev–Trinajstić information content (AvgIpc) is 2.17. The zero-order valence-electron chi connectivity index (χ0n) is 9.19. The van der Waals surface area contributed by atoms with Crippen molar-refractivity contribution in [1.29, 1.82) is 0 Å². The smallest absolute Gasteiger partial charge is 0.409 e. The number of unbranched alkanes of at least 4 members (excludes halogenated alkanes) is 3. The van der Waals surface area contributed by atoms with E-state index in [0.29, 0.717) is 6.42 Å². The number of esters is 1. The Hall–Kier alpha value is -1.39. The molecule has 0 aromatic carbocycles. The van der Waals surface area contributed by atoms with Crippen molar-refractivity contribution in [1.82, 2.24) is 0 Å². The summed E-state index contributed by atoms with van der Waals surface area (Å²) < 4.78 is 4.57. The van der Waals surface area contributed by atoms with Gasteiger partial charge in [0.15, 0.2) is 0 Å². The first-order chi connectivity index (χ1) is 7.13. The summed E-state index contributed by atoms with van der Waals surface area (Å²) in [5.74, 6) is -0.848. The van der Waals surface area contributed by atoms with E-state index in [1.165, 1.54) is 6.08 Å². The number of carbonyl (C=O) groups excluding carboxylic acids is 1. The minimum absolute atomic E-state index is 0.152. The highest BCUT2D eigenvalue weighted by molar-refractivity contribution is 5.85. The molecule has 0 saturated heterocycles. The number of nitro groups is 1. The molecular weight excluding hydrogens is 198 g/mol. The molecule has 0 atom stereocenters. The summed E-state index contributed by atoms with van der Waals surface area (Å²) in [5.41, 5.74) is -0.451. The minimum atomic E-state index is -0.848. The number of hydrogen-bond acceptors (Lipinski definition) is 4. The Morgan fingerprint density at radius 1 is 1.40 bits per heavy atom. The van der Waals surface area contributed by atoms with Crippen LogP contribution in [0.5, 0.6) is 0 Å². The van der Waals surface area contributed by atoms with Crippen LogP contribution in [0.25, 0.3) is 0 Å². The van der Waals surface area contributed by atoms with Gasteiger partial charge < -0.3 is 4.74 Å². The van der Waals surface area contributed by atoms with Crippen LogP contribution in [0.15, 0.2) is 11.8 Å². The zero-order valence-corrected chi connectivity index (χ0v) is 9.19. The normalized spacial score (nSPS) is 11.2. The Labute approximate surface area is 89.3 Å². The van der Waals surface area contributed by atoms with Gasteiger partial charge in [-0.05, 0) is 19.8 Å². The van der Waals surface area contributed by atoms with Gasteiger partial charge in [0.2, 0.25) is 0 Å². The van der Waals surface area contributed by atoms with Crippen LogP contribution in [0.1, 0.15) is 39.5 Å². The molecule has 5 heteroatoms. The van der Waals surface area contributed by atoms with Gasteiger partial charge in [-0.3, -0.25) is 10.1 Å². The van der Waals surface area contributed by atoms with Crippen LogP contribution in [0.3, 0.4) is 0 Å². The van der Waals surface area contributed by atoms with Crippen molar-refractivity contribution in [3.8, 4) is 0 Å². The summed E-state index contributed by atoms with van der Waals surface area (Å²) in [6.45, 7) is 3.81. The van der Waals surface area contributed by atoms with Crippen molar-refractivity contribution < 1.29 is 14.5 Å². The number of ether oxygens (including phenoxy) is 1. The second-order valence-corrected chi connectivity index (χ2v) is 3.06. The van der Waals surface area contributed by atoms with Crippen molar-refractivity contribution >= 4 is 5.97 Å². The van der Waals surface area contributed by atoms with Gasteiger partial charge in [0, 0.05) is 6.08 Å². The lowest BCUT2D eigenvalue weighted by molar-refractivity contribution is -0.421. The number of rotatable bonds is 7. The van der Waals surface area contributed by atoms with Crippen molar-refractivity contribution in [2.45, 2.75) is 39.5 Å². The maximum absolute atomic E-state index is 11.1. The van der Waals surface area contributed by atoms with Gasteiger partial charge in [0.05, 0.1) is 11.5 Å². The fraction of sp³-hybridized carbons (Fsp3) is 0.700. The largest absolute Gasteiger partial charge is 0.458 e. The van der Waals surface area contributed by atoms with Gasteiger partial charge in [0.25, 0.3) is 0 Å². The first kappa shape index (κ1) is 13.6. The molecule has 5 nitrogen and oxygen atoms in total. The lowest BCUT2D eigenvalue weighted by Gasteiger charge is -1.98. The van der Waals surface area contributed by atoms with E-state index in [1.807, 2.05) is 6.92 Å². The Kier molecular flexibility index (Phi) is 7.23. The van der Waals surface area contributed by atoms with E-state index in [-0.39, 0.29) is 6.61 Å². The van der Waals surface area contributed by atoms with Gasteiger partial charge in [0.1, 0.15) is 0 Å². The van der Waals surface area contributed by atoms with Crippen molar-refractivity contribution in [2.24, 2.45) is 0 Å². The van der Waals surface area contributed by atoms with Crippen LogP contribution in [0, 0.1) is 10.1 Å². The Balaban J connectivity index is 4.25. The SMILES string of the molecule is CCCCC/C=C(/C(=O)OCC)[N+](=O)[O-]. The van der Waals surface area contributed by atoms with E-state index in [9.17, 15) is 14.9 Å². The van der Waals surface area contributed by atoms with E-state index in [1.54, 1.807) is 6.92 Å². The van der Waals surface area contributed by atoms with Crippen molar-refractivity contribution in [3.63, 3.8) is 0 Å². The Morgan fingerprint density at radius 2 is 2.07 bits per heavy atom. The van der Waals surface area contributed by atoms with Gasteiger partial charge in [-0.1, -0.05) is 19.8 Å². The zero-order chi connectivity index (χ0) is 11.7. The summed E-state index contributed by atoms with van der Waals surface area (Å²) >= 11 is 0. The molecule has 0 aliphatic rings. The third-order valence-electron chi connectivity index (χ3n) is 1.83. The highest BCUT2D eigenvalue weighted by Gasteiger charge is 2.22. The molecule has 0 aliphatic heterocycles. The molecule has 86 valence electrons. The predicted octanol–water partition coefficient (Wildman–Crippen LogP) is 2.29. The van der Waals surface area contributed by atoms with Crippen molar-refractivity contribution in [2.75, 3.05) is 6.61 Å². The molecule has 15 heavy (non-hydrogen) atoms. The van der Waals surface area contributed by atoms with E-state index >= 15 is 0 Å². The Bertz CT molecular complexity index is 248. The maximum Gasteiger partial charge on any atom is 0.409 e. The third-order valence-corrected chi connectivity index (χ3v) is 1.83. The van der Waals surface area contributed by atoms with Crippen LogP contribution in [0.4, 0.5) is 0 Å². The van der Waals surface area contributed by atoms with E-state index < -0.39 is 16.6 Å². The molecule has 0 heterocycles. The fourth-order valence-corrected chi connectivity index (χ4v) is 1.07. The highest BCUT2D eigenvalue weighted by Crippen LogP contribution is 2.06. The molecule has 0 unspecified atom stereocenters. The first-order valence-electron chi connectivity index (χ1n) is 5.15. The van der Waals surface area contributed by atoms with Gasteiger partial charge >= 0.3 is 11.7 Å². The summed E-state index contributed by atoms with van der Waals surface area (Å²) in [7, 11) is 0. The van der Waals surface area contributed by atoms with Gasteiger partial charge in [-0.2, -0.15) is 0 Å². The molecule has 0 spiro atoms. The molecule has 0 N–H and O–H groups in total. The summed E-state index contributed by atoms with van der Waals surface area (Å²) in [4.78, 5) is 20.9. The van der Waals surface area contributed by atoms with Crippen molar-refractivity contribution in [3.05, 3.63) is 21.9 Å². The van der Waals surface area contributed by atoms with Crippen LogP contribution >= 0.6 is 0 Å². The molecule has 0 radical (unpaired) electrons. The molecule has 0 aliphatic carbocycles. The maximum atomic E-state index is 11.1. The minimum Gasteiger partial charge on any atom is -0.458 e. The standard InChI is InChI=1S/C10H17NO4/c1-3-5-6-7-8-9(11(13)14)10(12)15-4-2/h8H,3-7H2,1-2H3/b9-8-. The van der Waals surface area contributed by atoms with Crippen LogP contribution in [-0.4, -0.2) is 17.5 Å². The predicted molar refractivity (Wildman–Crippen MR) is 55.9 cm³/mol. The number of carbonyl (C=O) groups is 1. The van der Waals surface area contributed by atoms with E-state index in [2.05, 4.69) is 4.74 Å². The van der Waals surface area contributed by atoms with Crippen LogP contribution in [-0.2, 0) is 9.53 Å². The molecule has 0 bridgehead atoms. The monoisotopic (exact) mass is 215 g/mol. The lowest BCUT2D eigenvalue weighted by Crippen LogP contribution is -2.14. The van der Waals surface area contributed by atoms with Crippen LogP contribution < -0.4 is 0 Å². The molecule has 0 rings (SSSR count). The number of hydrogen-bond donors (Lipinski definition) is 0. The second-order valence-electron chi connectivity index (χ2n) is 3.06. The fourth-order valence-electron chi connectivity index (χ4n) is 1.07. The Morgan fingerprint density at radius 3 is 2.53 bits per heavy atom. The second kappa shape index (κ2) is 7.96. The van der Waals surface area contributed by atoms with Gasteiger partial charge in [-0.15, -0.1) is 0 Å². The van der Waals surface area contributed by atoms with Crippen LogP contribution in [0.2, 0.25) is 0 Å². The molecule has 0 amide bonds. The average molecular weight is 215 g/mol. The van der Waals surface area contributed by atoms with E-state index in [4.69, 9.17) is 0 Å². The summed E-state index contributed by atoms with van der Waals surface area (Å²) in [6.07, 6.45) is 4.79. The molecule has 0 fully saturated rings. The quantitative estimate of drug-likeness (QED) is 0.215.